The second-order valence-electron chi connectivity index (χ2n) is 6.61. The van der Waals surface area contributed by atoms with E-state index in [1.54, 1.807) is 0 Å². The molecule has 1 saturated carbocycles. The minimum absolute atomic E-state index is 0.154. The van der Waals surface area contributed by atoms with Crippen LogP contribution in [0, 0.1) is 22.7 Å². The highest BCUT2D eigenvalue weighted by atomic mass is 35.5. The summed E-state index contributed by atoms with van der Waals surface area (Å²) >= 11 is 6.00. The Morgan fingerprint density at radius 3 is 2.78 bits per heavy atom. The van der Waals surface area contributed by atoms with E-state index in [2.05, 4.69) is 30.9 Å². The van der Waals surface area contributed by atoms with Crippen LogP contribution in [0.3, 0.4) is 0 Å². The first-order valence-corrected chi connectivity index (χ1v) is 9.12. The number of para-hydroxylation sites is 1. The number of imidazole rings is 1. The molecular weight excluding hydrogens is 362 g/mol. The summed E-state index contributed by atoms with van der Waals surface area (Å²) < 4.78 is 2.12. The van der Waals surface area contributed by atoms with Crippen molar-refractivity contribution in [1.29, 1.82) is 10.5 Å². The van der Waals surface area contributed by atoms with Gasteiger partial charge in [0.2, 0.25) is 5.95 Å². The lowest BCUT2D eigenvalue weighted by Gasteiger charge is -2.31. The highest BCUT2D eigenvalue weighted by Gasteiger charge is 2.25. The highest BCUT2D eigenvalue weighted by Crippen LogP contribution is 2.33. The molecule has 8 heteroatoms. The van der Waals surface area contributed by atoms with Crippen LogP contribution in [0.25, 0.3) is 11.0 Å². The van der Waals surface area contributed by atoms with Crippen molar-refractivity contribution in [2.75, 3.05) is 5.32 Å². The minimum Gasteiger partial charge on any atom is -0.351 e. The molecule has 2 heterocycles. The topological polar surface area (TPSA) is 103 Å². The van der Waals surface area contributed by atoms with Crippen LogP contribution in [0.2, 0.25) is 5.15 Å². The van der Waals surface area contributed by atoms with Gasteiger partial charge in [-0.15, -0.1) is 0 Å². The van der Waals surface area contributed by atoms with Crippen molar-refractivity contribution in [3.63, 3.8) is 0 Å². The average Bonchev–Trinajstić information content (AvgIpc) is 3.13. The second-order valence-corrected chi connectivity index (χ2v) is 6.97. The number of nitriles is 2. The monoisotopic (exact) mass is 377 g/mol. The minimum atomic E-state index is 0.154. The maximum absolute atomic E-state index is 9.44. The summed E-state index contributed by atoms with van der Waals surface area (Å²) in [5.74, 6) is 0.429. The number of hydrogen-bond acceptors (Lipinski definition) is 6. The van der Waals surface area contributed by atoms with Crippen LogP contribution in [0.15, 0.2) is 30.7 Å². The van der Waals surface area contributed by atoms with Gasteiger partial charge in [-0.05, 0) is 37.8 Å². The summed E-state index contributed by atoms with van der Waals surface area (Å²) in [5, 5.41) is 21.9. The number of anilines is 1. The second kappa shape index (κ2) is 7.22. The normalized spacial score (nSPS) is 19.4. The summed E-state index contributed by atoms with van der Waals surface area (Å²) in [6, 6.07) is 10.3. The van der Waals surface area contributed by atoms with E-state index in [0.717, 1.165) is 36.7 Å². The lowest BCUT2D eigenvalue weighted by molar-refractivity contribution is 0.336. The molecule has 1 aliphatic rings. The summed E-state index contributed by atoms with van der Waals surface area (Å²) in [5.41, 5.74) is 2.63. The van der Waals surface area contributed by atoms with E-state index in [1.807, 2.05) is 30.6 Å². The highest BCUT2D eigenvalue weighted by molar-refractivity contribution is 6.30. The van der Waals surface area contributed by atoms with Gasteiger partial charge in [0.25, 0.3) is 0 Å². The third kappa shape index (κ3) is 3.30. The van der Waals surface area contributed by atoms with Gasteiger partial charge in [0.15, 0.2) is 5.15 Å². The fourth-order valence-corrected chi connectivity index (χ4v) is 3.86. The number of nitrogens with zero attached hydrogens (tertiary/aromatic N) is 6. The molecule has 0 aliphatic heterocycles. The average molecular weight is 378 g/mol. The Kier molecular flexibility index (Phi) is 4.62. The third-order valence-corrected chi connectivity index (χ3v) is 5.24. The van der Waals surface area contributed by atoms with Crippen molar-refractivity contribution in [3.8, 4) is 12.1 Å². The van der Waals surface area contributed by atoms with Crippen LogP contribution in [0.4, 0.5) is 5.95 Å². The van der Waals surface area contributed by atoms with Crippen LogP contribution < -0.4 is 5.32 Å². The van der Waals surface area contributed by atoms with E-state index in [9.17, 15) is 5.26 Å². The van der Waals surface area contributed by atoms with Gasteiger partial charge in [0, 0.05) is 12.1 Å². The van der Waals surface area contributed by atoms with Crippen molar-refractivity contribution in [2.24, 2.45) is 0 Å². The van der Waals surface area contributed by atoms with Crippen molar-refractivity contribution in [2.45, 2.75) is 37.8 Å². The molecule has 7 nitrogen and oxygen atoms in total. The molecule has 2 atom stereocenters. The fourth-order valence-electron chi connectivity index (χ4n) is 3.69. The molecule has 3 aromatic rings. The van der Waals surface area contributed by atoms with E-state index in [0.29, 0.717) is 11.5 Å². The Balaban J connectivity index is 1.56. The summed E-state index contributed by atoms with van der Waals surface area (Å²) in [6.07, 6.45) is 7.19. The molecule has 2 aromatic heterocycles. The molecule has 1 N–H and O–H groups in total. The number of halogens is 1. The SMILES string of the molecule is N#Cc1cnc(N[C@@H]2CCC[C@H](n3cnc4cccc(C#N)c43)C2)nc1Cl. The Morgan fingerprint density at radius 1 is 1.15 bits per heavy atom. The first-order chi connectivity index (χ1) is 13.2. The lowest BCUT2D eigenvalue weighted by Crippen LogP contribution is -2.29. The summed E-state index contributed by atoms with van der Waals surface area (Å²) in [7, 11) is 0. The number of nitrogens with one attached hydrogen (secondary N) is 1. The van der Waals surface area contributed by atoms with Crippen molar-refractivity contribution in [1.82, 2.24) is 19.5 Å². The van der Waals surface area contributed by atoms with Crippen LogP contribution in [0.5, 0.6) is 0 Å². The van der Waals surface area contributed by atoms with Crippen molar-refractivity contribution < 1.29 is 0 Å². The van der Waals surface area contributed by atoms with Gasteiger partial charge in [-0.25, -0.2) is 9.97 Å². The Morgan fingerprint density at radius 2 is 2.00 bits per heavy atom. The molecule has 0 bridgehead atoms. The van der Waals surface area contributed by atoms with Crippen LogP contribution in [0.1, 0.15) is 42.9 Å². The van der Waals surface area contributed by atoms with Gasteiger partial charge in [-0.2, -0.15) is 15.5 Å². The Bertz CT molecular complexity index is 1080. The standard InChI is InChI=1S/C19H16ClN7/c20-18-13(9-22)10-23-19(26-18)25-14-4-2-5-15(7-14)27-11-24-16-6-1-3-12(8-21)17(16)27/h1,3,6,10-11,14-15H,2,4-5,7H2,(H,23,25,26)/t14-,15+/m1/s1. The molecular formula is C19H16ClN7. The van der Waals surface area contributed by atoms with Gasteiger partial charge in [0.1, 0.15) is 17.7 Å². The smallest absolute Gasteiger partial charge is 0.224 e. The Labute approximate surface area is 161 Å². The fraction of sp³-hybridized carbons (Fsp3) is 0.316. The molecule has 0 spiro atoms. The molecule has 0 saturated heterocycles. The zero-order valence-corrected chi connectivity index (χ0v) is 15.2. The first-order valence-electron chi connectivity index (χ1n) is 8.74. The van der Waals surface area contributed by atoms with Crippen LogP contribution >= 0.6 is 11.6 Å². The largest absolute Gasteiger partial charge is 0.351 e. The maximum Gasteiger partial charge on any atom is 0.224 e. The number of benzene rings is 1. The number of aromatic nitrogens is 4. The van der Waals surface area contributed by atoms with E-state index >= 15 is 0 Å². The zero-order chi connectivity index (χ0) is 18.8. The predicted octanol–water partition coefficient (Wildman–Crippen LogP) is 3.82. The van der Waals surface area contributed by atoms with Gasteiger partial charge in [-0.3, -0.25) is 0 Å². The predicted molar refractivity (Wildman–Crippen MR) is 101 cm³/mol. The van der Waals surface area contributed by atoms with Gasteiger partial charge >= 0.3 is 0 Å². The van der Waals surface area contributed by atoms with Crippen LogP contribution in [-0.2, 0) is 0 Å². The maximum atomic E-state index is 9.44. The number of hydrogen-bond donors (Lipinski definition) is 1. The lowest BCUT2D eigenvalue weighted by atomic mass is 9.90. The van der Waals surface area contributed by atoms with Gasteiger partial charge < -0.3 is 9.88 Å². The van der Waals surface area contributed by atoms with E-state index < -0.39 is 0 Å². The van der Waals surface area contributed by atoms with E-state index in [1.165, 1.54) is 6.20 Å². The summed E-state index contributed by atoms with van der Waals surface area (Å²) in [6.45, 7) is 0. The Hall–Kier alpha value is -3.16. The molecule has 0 unspecified atom stereocenters. The zero-order valence-electron chi connectivity index (χ0n) is 14.4. The number of rotatable bonds is 3. The molecule has 1 fully saturated rings. The molecule has 134 valence electrons. The quantitative estimate of drug-likeness (QED) is 0.696. The van der Waals surface area contributed by atoms with Gasteiger partial charge in [0.05, 0.1) is 29.1 Å². The van der Waals surface area contributed by atoms with E-state index in [4.69, 9.17) is 16.9 Å². The van der Waals surface area contributed by atoms with Gasteiger partial charge in [-0.1, -0.05) is 17.7 Å². The van der Waals surface area contributed by atoms with E-state index in [-0.39, 0.29) is 22.8 Å². The first kappa shape index (κ1) is 17.3. The molecule has 1 aliphatic carbocycles. The molecule has 4 rings (SSSR count). The summed E-state index contributed by atoms with van der Waals surface area (Å²) in [4.78, 5) is 12.8. The number of fused-ring (bicyclic) bond motifs is 1. The molecule has 0 amide bonds. The van der Waals surface area contributed by atoms with Crippen LogP contribution in [-0.4, -0.2) is 25.6 Å². The van der Waals surface area contributed by atoms with Crippen molar-refractivity contribution >= 4 is 28.6 Å². The molecule has 1 aromatic carbocycles. The molecule has 0 radical (unpaired) electrons. The molecule has 27 heavy (non-hydrogen) atoms. The third-order valence-electron chi connectivity index (χ3n) is 4.95. The van der Waals surface area contributed by atoms with Crippen molar-refractivity contribution in [3.05, 3.63) is 47.0 Å².